The van der Waals surface area contributed by atoms with Crippen LogP contribution < -0.4 is 4.74 Å². The van der Waals surface area contributed by atoms with Gasteiger partial charge in [-0.3, -0.25) is 0 Å². The van der Waals surface area contributed by atoms with Crippen LogP contribution in [-0.2, 0) is 0 Å². The lowest BCUT2D eigenvalue weighted by Gasteiger charge is -2.37. The monoisotopic (exact) mass is 420 g/mol. The van der Waals surface area contributed by atoms with Crippen molar-refractivity contribution in [2.75, 3.05) is 7.11 Å². The smallest absolute Gasteiger partial charge is 0.460 e. The van der Waals surface area contributed by atoms with Crippen LogP contribution in [0.4, 0.5) is 48.3 Å². The maximum Gasteiger partial charge on any atom is 0.460 e. The normalized spacial score (nSPS) is 15.6. The predicted octanol–water partition coefficient (Wildman–Crippen LogP) is 5.22. The summed E-state index contributed by atoms with van der Waals surface area (Å²) in [6.07, 6.45) is -12.4. The lowest BCUT2D eigenvalue weighted by molar-refractivity contribution is -0.423. The predicted molar refractivity (Wildman–Crippen MR) is 68.4 cm³/mol. The highest BCUT2D eigenvalue weighted by Crippen LogP contribution is 2.58. The van der Waals surface area contributed by atoms with Crippen molar-refractivity contribution in [3.8, 4) is 5.75 Å². The molecule has 13 heteroatoms. The van der Waals surface area contributed by atoms with Crippen molar-refractivity contribution < 1.29 is 58.1 Å². The van der Waals surface area contributed by atoms with Gasteiger partial charge in [-0.05, 0) is 6.07 Å². The summed E-state index contributed by atoms with van der Waals surface area (Å²) in [7, 11) is 0.982. The summed E-state index contributed by atoms with van der Waals surface area (Å²) >= 11 is 0. The maximum atomic E-state index is 13.7. The molecule has 1 atom stereocenters. The number of halogens is 11. The lowest BCUT2D eigenvalue weighted by atomic mass is 9.92. The van der Waals surface area contributed by atoms with Gasteiger partial charge in [0.25, 0.3) is 0 Å². The third kappa shape index (κ3) is 3.78. The molecule has 0 saturated heterocycles. The topological polar surface area (TPSA) is 29.5 Å². The Bertz CT molecular complexity index is 655. The molecule has 0 aromatic heterocycles. The summed E-state index contributed by atoms with van der Waals surface area (Å²) in [4.78, 5) is 0. The molecule has 2 nitrogen and oxygen atoms in total. The summed E-state index contributed by atoms with van der Waals surface area (Å²) in [5.74, 6) is -28.6. The third-order valence-corrected chi connectivity index (χ3v) is 3.55. The number of hydrogen-bond acceptors (Lipinski definition) is 2. The molecule has 0 amide bonds. The van der Waals surface area contributed by atoms with Gasteiger partial charge in [-0.2, -0.15) is 48.3 Å². The molecule has 156 valence electrons. The molecular formula is C14H11F11O2. The van der Waals surface area contributed by atoms with Crippen molar-refractivity contribution >= 4 is 0 Å². The summed E-state index contributed by atoms with van der Waals surface area (Å²) < 4.78 is 147. The van der Waals surface area contributed by atoms with E-state index in [1.807, 2.05) is 0 Å². The highest BCUT2D eigenvalue weighted by atomic mass is 19.4. The van der Waals surface area contributed by atoms with Gasteiger partial charge in [0.15, 0.2) is 0 Å². The summed E-state index contributed by atoms with van der Waals surface area (Å²) in [5.41, 5.74) is -0.596. The van der Waals surface area contributed by atoms with E-state index in [0.29, 0.717) is 0 Å². The average Bonchev–Trinajstić information content (AvgIpc) is 2.52. The van der Waals surface area contributed by atoms with Crippen LogP contribution in [0.5, 0.6) is 5.75 Å². The fourth-order valence-electron chi connectivity index (χ4n) is 2.03. The molecule has 0 aliphatic heterocycles. The Hall–Kier alpha value is -1.79. The number of hydrogen-bond donors (Lipinski definition) is 1. The van der Waals surface area contributed by atoms with Crippen molar-refractivity contribution in [1.82, 2.24) is 0 Å². The Kier molecular flexibility index (Phi) is 6.01. The first-order chi connectivity index (χ1) is 11.9. The highest BCUT2D eigenvalue weighted by molar-refractivity contribution is 5.35. The third-order valence-electron chi connectivity index (χ3n) is 3.55. The second-order valence-electron chi connectivity index (χ2n) is 5.39. The van der Waals surface area contributed by atoms with Crippen LogP contribution in [0.3, 0.4) is 0 Å². The Morgan fingerprint density at radius 2 is 1.30 bits per heavy atom. The number of aliphatic hydroxyl groups excluding tert-OH is 1. The second-order valence-corrected chi connectivity index (χ2v) is 5.39. The minimum Gasteiger partial charge on any atom is -0.496 e. The molecule has 1 rings (SSSR count). The van der Waals surface area contributed by atoms with Crippen molar-refractivity contribution in [2.24, 2.45) is 0 Å². The molecule has 1 N–H and O–H groups in total. The molecule has 0 fully saturated rings. The zero-order valence-electron chi connectivity index (χ0n) is 13.1. The van der Waals surface area contributed by atoms with Gasteiger partial charge < -0.3 is 9.84 Å². The van der Waals surface area contributed by atoms with Crippen molar-refractivity contribution in [3.63, 3.8) is 0 Å². The van der Waals surface area contributed by atoms with Gasteiger partial charge in [-0.15, -0.1) is 0 Å². The standard InChI is InChI=1S/C14H11F11O2/c1-27-9-5-3-2-4-7(9)8(26)6-10(15,16)11(17,18)12(19,20)13(21,22)14(23,24)25/h2-5,8,26H,6H2,1H3. The van der Waals surface area contributed by atoms with E-state index < -0.39 is 48.0 Å². The lowest BCUT2D eigenvalue weighted by Crippen LogP contribution is -2.66. The first-order valence-corrected chi connectivity index (χ1v) is 6.83. The zero-order chi connectivity index (χ0) is 21.5. The molecule has 0 spiro atoms. The fraction of sp³-hybridized carbons (Fsp3) is 0.571. The van der Waals surface area contributed by atoms with Crippen molar-refractivity contribution in [3.05, 3.63) is 29.8 Å². The molecule has 0 aliphatic carbocycles. The summed E-state index contributed by atoms with van der Waals surface area (Å²) in [6.45, 7) is 0. The molecule has 1 unspecified atom stereocenters. The van der Waals surface area contributed by atoms with Gasteiger partial charge in [-0.1, -0.05) is 18.2 Å². The molecule has 1 aromatic rings. The summed E-state index contributed by atoms with van der Waals surface area (Å²) in [5, 5.41) is 9.61. The van der Waals surface area contributed by atoms with Crippen LogP contribution in [0.1, 0.15) is 18.1 Å². The van der Waals surface area contributed by atoms with Gasteiger partial charge in [0.1, 0.15) is 5.75 Å². The minimum atomic E-state index is -7.50. The van der Waals surface area contributed by atoms with Gasteiger partial charge in [-0.25, -0.2) is 0 Å². The zero-order valence-corrected chi connectivity index (χ0v) is 13.1. The molecule has 0 heterocycles. The minimum absolute atomic E-state index is 0.337. The average molecular weight is 420 g/mol. The van der Waals surface area contributed by atoms with Crippen LogP contribution in [0.2, 0.25) is 0 Å². The van der Waals surface area contributed by atoms with Crippen LogP contribution in [0.15, 0.2) is 24.3 Å². The van der Waals surface area contributed by atoms with Crippen LogP contribution in [-0.4, -0.2) is 42.1 Å². The van der Waals surface area contributed by atoms with Crippen LogP contribution in [0, 0.1) is 0 Å². The van der Waals surface area contributed by atoms with Crippen LogP contribution in [0.25, 0.3) is 0 Å². The Morgan fingerprint density at radius 1 is 0.815 bits per heavy atom. The number of benzene rings is 1. The quantitative estimate of drug-likeness (QED) is 0.613. The van der Waals surface area contributed by atoms with E-state index in [0.717, 1.165) is 25.3 Å². The van der Waals surface area contributed by atoms with Gasteiger partial charge in [0, 0.05) is 12.0 Å². The van der Waals surface area contributed by atoms with E-state index in [-0.39, 0.29) is 5.75 Å². The van der Waals surface area contributed by atoms with E-state index in [2.05, 4.69) is 4.74 Å². The first-order valence-electron chi connectivity index (χ1n) is 6.83. The van der Waals surface area contributed by atoms with E-state index in [4.69, 9.17) is 0 Å². The Balaban J connectivity index is 3.28. The molecule has 0 bridgehead atoms. The number of alkyl halides is 11. The second kappa shape index (κ2) is 6.99. The maximum absolute atomic E-state index is 13.7. The molecule has 1 aromatic carbocycles. The van der Waals surface area contributed by atoms with Crippen molar-refractivity contribution in [2.45, 2.75) is 42.4 Å². The molecular weight excluding hydrogens is 409 g/mol. The van der Waals surface area contributed by atoms with Crippen molar-refractivity contribution in [1.29, 1.82) is 0 Å². The molecule has 0 saturated carbocycles. The number of para-hydroxylation sites is 1. The van der Waals surface area contributed by atoms with Crippen LogP contribution >= 0.6 is 0 Å². The SMILES string of the molecule is COc1ccccc1C(O)CC(F)(F)C(F)(F)C(F)(F)C(F)(F)C(F)(F)F. The van der Waals surface area contributed by atoms with Gasteiger partial charge in [0.2, 0.25) is 0 Å². The van der Waals surface area contributed by atoms with E-state index in [1.165, 1.54) is 6.07 Å². The molecule has 27 heavy (non-hydrogen) atoms. The first kappa shape index (κ1) is 23.2. The largest absolute Gasteiger partial charge is 0.496 e. The molecule has 0 radical (unpaired) electrons. The van der Waals surface area contributed by atoms with E-state index >= 15 is 0 Å². The number of rotatable bonds is 7. The van der Waals surface area contributed by atoms with Gasteiger partial charge in [0.05, 0.1) is 13.2 Å². The number of ether oxygens (including phenoxy) is 1. The van der Waals surface area contributed by atoms with E-state index in [1.54, 1.807) is 0 Å². The Morgan fingerprint density at radius 3 is 1.74 bits per heavy atom. The fourth-order valence-corrected chi connectivity index (χ4v) is 2.03. The number of methoxy groups -OCH3 is 1. The number of aliphatic hydroxyl groups is 1. The Labute approximate surface area is 144 Å². The highest BCUT2D eigenvalue weighted by Gasteiger charge is 2.87. The summed E-state index contributed by atoms with van der Waals surface area (Å²) in [6, 6.07) is 4.32. The van der Waals surface area contributed by atoms with E-state index in [9.17, 15) is 53.4 Å². The molecule has 0 aliphatic rings. The van der Waals surface area contributed by atoms with Gasteiger partial charge >= 0.3 is 29.9 Å².